The van der Waals surface area contributed by atoms with Crippen LogP contribution in [0.5, 0.6) is 0 Å². The predicted molar refractivity (Wildman–Crippen MR) is 174 cm³/mol. The zero-order valence-electron chi connectivity index (χ0n) is 26.7. The summed E-state index contributed by atoms with van der Waals surface area (Å²) >= 11 is 0. The SMILES string of the molecule is CO[C@H]1C(N=[N+]=[N-])CN(C(=O)[C@@H](CC2CCCCC2)NC(=O)c2ccc3ccccc3c2)[C@@H]1C(=O)NC1(C(=O)C(N)=O)CCCCC1. The fourth-order valence-electron chi connectivity index (χ4n) is 7.64. The monoisotopic (exact) mass is 645 g/mol. The molecule has 1 saturated heterocycles. The van der Waals surface area contributed by atoms with Crippen LogP contribution in [-0.4, -0.2) is 77.7 Å². The van der Waals surface area contributed by atoms with E-state index in [2.05, 4.69) is 20.7 Å². The van der Waals surface area contributed by atoms with Gasteiger partial charge in [-0.2, -0.15) is 0 Å². The van der Waals surface area contributed by atoms with E-state index in [4.69, 9.17) is 10.5 Å². The Bertz CT molecular complexity index is 1560. The summed E-state index contributed by atoms with van der Waals surface area (Å²) in [6.45, 7) is -0.136. The molecule has 13 heteroatoms. The van der Waals surface area contributed by atoms with E-state index >= 15 is 0 Å². The highest BCUT2D eigenvalue weighted by atomic mass is 16.5. The number of hydrogen-bond donors (Lipinski definition) is 3. The third-order valence-electron chi connectivity index (χ3n) is 10.1. The summed E-state index contributed by atoms with van der Waals surface area (Å²) < 4.78 is 5.66. The Hall–Kier alpha value is -4.48. The fourth-order valence-corrected chi connectivity index (χ4v) is 7.64. The van der Waals surface area contributed by atoms with Gasteiger partial charge >= 0.3 is 0 Å². The van der Waals surface area contributed by atoms with E-state index in [0.717, 1.165) is 49.3 Å². The Morgan fingerprint density at radius 3 is 2.36 bits per heavy atom. The zero-order valence-corrected chi connectivity index (χ0v) is 26.7. The molecule has 2 aromatic carbocycles. The van der Waals surface area contributed by atoms with Crippen LogP contribution in [0.15, 0.2) is 47.6 Å². The number of carbonyl (C=O) groups excluding carboxylic acids is 5. The van der Waals surface area contributed by atoms with Gasteiger partial charge in [0.05, 0.1) is 12.1 Å². The van der Waals surface area contributed by atoms with E-state index in [1.807, 2.05) is 30.3 Å². The second kappa shape index (κ2) is 15.0. The van der Waals surface area contributed by atoms with Crippen molar-refractivity contribution in [2.75, 3.05) is 13.7 Å². The lowest BCUT2D eigenvalue weighted by Crippen LogP contribution is -2.64. The molecule has 3 aliphatic rings. The number of azide groups is 1. The smallest absolute Gasteiger partial charge is 0.287 e. The number of nitrogens with two attached hydrogens (primary N) is 1. The molecule has 5 rings (SSSR count). The first-order valence-electron chi connectivity index (χ1n) is 16.5. The highest BCUT2D eigenvalue weighted by molar-refractivity contribution is 6.39. The van der Waals surface area contributed by atoms with Crippen molar-refractivity contribution in [3.8, 4) is 0 Å². The number of methoxy groups -OCH3 is 1. The van der Waals surface area contributed by atoms with Crippen LogP contribution >= 0.6 is 0 Å². The van der Waals surface area contributed by atoms with Gasteiger partial charge < -0.3 is 26.0 Å². The maximum absolute atomic E-state index is 14.5. The van der Waals surface area contributed by atoms with Crippen molar-refractivity contribution >= 4 is 40.2 Å². The van der Waals surface area contributed by atoms with Crippen LogP contribution in [0, 0.1) is 5.92 Å². The minimum absolute atomic E-state index is 0.136. The van der Waals surface area contributed by atoms with Gasteiger partial charge in [0.1, 0.15) is 17.6 Å². The average molecular weight is 646 g/mol. The predicted octanol–water partition coefficient (Wildman–Crippen LogP) is 3.69. The largest absolute Gasteiger partial charge is 0.378 e. The van der Waals surface area contributed by atoms with Gasteiger partial charge in [0.2, 0.25) is 17.6 Å². The summed E-state index contributed by atoms with van der Waals surface area (Å²) in [7, 11) is 1.35. The van der Waals surface area contributed by atoms with Crippen LogP contribution in [0.1, 0.15) is 81.0 Å². The van der Waals surface area contributed by atoms with Crippen LogP contribution in [0.2, 0.25) is 0 Å². The summed E-state index contributed by atoms with van der Waals surface area (Å²) in [5.41, 5.74) is 13.6. The summed E-state index contributed by atoms with van der Waals surface area (Å²) in [4.78, 5) is 71.7. The van der Waals surface area contributed by atoms with Crippen LogP contribution in [-0.2, 0) is 23.9 Å². The summed E-state index contributed by atoms with van der Waals surface area (Å²) in [6, 6.07) is 9.81. The quantitative estimate of drug-likeness (QED) is 0.144. The highest BCUT2D eigenvalue weighted by Gasteiger charge is 2.52. The number of Topliss-reactive ketones (excluding diaryl/α,β-unsaturated/α-hetero) is 1. The number of likely N-dealkylation sites (tertiary alicyclic amines) is 1. The standard InChI is InChI=1S/C34H43N7O6/c1-47-28-26(39-40-36)20-41(27(28)32(45)38-34(29(42)30(35)43)16-8-3-9-17-34)33(46)25(18-21-10-4-2-5-11-21)37-31(44)24-15-14-22-12-6-7-13-23(22)19-24/h6-7,12-15,19,21,25-28H,2-5,8-11,16-18,20H2,1H3,(H2,35,43)(H,37,44)(H,38,45)/t25-,26?,27+,28+/m1/s1. The lowest BCUT2D eigenvalue weighted by Gasteiger charge is -2.38. The number of ether oxygens (including phenoxy) is 1. The first kappa shape index (κ1) is 33.9. The molecule has 4 atom stereocenters. The molecule has 1 heterocycles. The van der Waals surface area contributed by atoms with Crippen LogP contribution < -0.4 is 16.4 Å². The van der Waals surface area contributed by atoms with Crippen LogP contribution in [0.3, 0.4) is 0 Å². The number of primary amides is 1. The van der Waals surface area contributed by atoms with Gasteiger partial charge in [-0.1, -0.05) is 86.8 Å². The minimum atomic E-state index is -1.50. The number of nitrogens with zero attached hydrogens (tertiary/aromatic N) is 4. The van der Waals surface area contributed by atoms with Crippen molar-refractivity contribution in [1.82, 2.24) is 15.5 Å². The molecule has 2 aromatic rings. The Labute approximate surface area is 273 Å². The molecule has 1 unspecified atom stereocenters. The first-order valence-corrected chi connectivity index (χ1v) is 16.5. The normalized spacial score (nSPS) is 23.3. The van der Waals surface area contributed by atoms with Crippen molar-refractivity contribution in [1.29, 1.82) is 0 Å². The summed E-state index contributed by atoms with van der Waals surface area (Å²) in [5, 5.41) is 11.4. The third-order valence-corrected chi connectivity index (χ3v) is 10.1. The maximum atomic E-state index is 14.5. The van der Waals surface area contributed by atoms with Gasteiger partial charge in [-0.05, 0) is 53.6 Å². The molecule has 0 aromatic heterocycles. The molecule has 4 N–H and O–H groups in total. The van der Waals surface area contributed by atoms with Crippen LogP contribution in [0.25, 0.3) is 21.2 Å². The van der Waals surface area contributed by atoms with Crippen molar-refractivity contribution in [3.63, 3.8) is 0 Å². The number of amides is 4. The Kier molecular flexibility index (Phi) is 10.8. The molecule has 2 saturated carbocycles. The summed E-state index contributed by atoms with van der Waals surface area (Å²) in [6.07, 6.45) is 6.83. The maximum Gasteiger partial charge on any atom is 0.287 e. The second-order valence-electron chi connectivity index (χ2n) is 13.1. The van der Waals surface area contributed by atoms with E-state index in [-0.39, 0.29) is 25.3 Å². The number of fused-ring (bicyclic) bond motifs is 1. The van der Waals surface area contributed by atoms with Crippen molar-refractivity contribution in [2.45, 2.75) is 100 Å². The minimum Gasteiger partial charge on any atom is -0.378 e. The Balaban J connectivity index is 1.46. The number of benzene rings is 2. The Morgan fingerprint density at radius 2 is 1.70 bits per heavy atom. The van der Waals surface area contributed by atoms with E-state index in [1.54, 1.807) is 12.1 Å². The van der Waals surface area contributed by atoms with Gasteiger partial charge in [0, 0.05) is 24.1 Å². The molecule has 250 valence electrons. The molecule has 0 bridgehead atoms. The number of nitrogens with one attached hydrogen (secondary N) is 2. The van der Waals surface area contributed by atoms with Gasteiger partial charge in [0.25, 0.3) is 11.8 Å². The van der Waals surface area contributed by atoms with E-state index < -0.39 is 59.2 Å². The summed E-state index contributed by atoms with van der Waals surface area (Å²) in [5.74, 6) is -3.50. The lowest BCUT2D eigenvalue weighted by molar-refractivity contribution is -0.147. The topological polar surface area (TPSA) is 197 Å². The molecular formula is C34H43N7O6. The molecule has 13 nitrogen and oxygen atoms in total. The molecule has 47 heavy (non-hydrogen) atoms. The number of rotatable bonds is 11. The molecule has 3 fully saturated rings. The van der Waals surface area contributed by atoms with Crippen LogP contribution in [0.4, 0.5) is 0 Å². The molecule has 2 aliphatic carbocycles. The second-order valence-corrected chi connectivity index (χ2v) is 13.1. The molecule has 1 aliphatic heterocycles. The third kappa shape index (κ3) is 7.41. The van der Waals surface area contributed by atoms with Crippen molar-refractivity contribution < 1.29 is 28.7 Å². The van der Waals surface area contributed by atoms with Gasteiger partial charge in [-0.15, -0.1) is 0 Å². The lowest BCUT2D eigenvalue weighted by atomic mass is 9.78. The van der Waals surface area contributed by atoms with Crippen molar-refractivity contribution in [3.05, 3.63) is 58.5 Å². The molecule has 4 amide bonds. The van der Waals surface area contributed by atoms with Crippen molar-refractivity contribution in [2.24, 2.45) is 16.8 Å². The van der Waals surface area contributed by atoms with E-state index in [1.165, 1.54) is 12.0 Å². The zero-order chi connectivity index (χ0) is 33.6. The number of hydrogen-bond acceptors (Lipinski definition) is 7. The number of carbonyl (C=O) groups is 5. The Morgan fingerprint density at radius 1 is 1.02 bits per heavy atom. The van der Waals surface area contributed by atoms with Gasteiger partial charge in [0.15, 0.2) is 0 Å². The number of ketones is 1. The van der Waals surface area contributed by atoms with Gasteiger partial charge in [-0.3, -0.25) is 24.0 Å². The van der Waals surface area contributed by atoms with E-state index in [9.17, 15) is 29.5 Å². The molecule has 0 spiro atoms. The van der Waals surface area contributed by atoms with Gasteiger partial charge in [-0.25, -0.2) is 0 Å². The van der Waals surface area contributed by atoms with E-state index in [0.29, 0.717) is 24.8 Å². The molecular weight excluding hydrogens is 602 g/mol. The molecule has 0 radical (unpaired) electrons. The first-order chi connectivity index (χ1) is 22.7. The fraction of sp³-hybridized carbons (Fsp3) is 0.559. The average Bonchev–Trinajstić information content (AvgIpc) is 3.46. The highest BCUT2D eigenvalue weighted by Crippen LogP contribution is 2.33.